The molecule has 0 aliphatic carbocycles. The van der Waals surface area contributed by atoms with Crippen LogP contribution in [0.1, 0.15) is 54.2 Å². The number of rotatable bonds is 3. The van der Waals surface area contributed by atoms with Gasteiger partial charge in [0.2, 0.25) is 5.91 Å². The van der Waals surface area contributed by atoms with Crippen molar-refractivity contribution in [3.8, 4) is 0 Å². The first-order chi connectivity index (χ1) is 16.1. The van der Waals surface area contributed by atoms with Crippen molar-refractivity contribution < 1.29 is 32.3 Å². The molecule has 2 aliphatic heterocycles. The summed E-state index contributed by atoms with van der Waals surface area (Å²) in [5.41, 5.74) is -0.315. The van der Waals surface area contributed by atoms with Crippen LogP contribution >= 0.6 is 0 Å². The quantitative estimate of drug-likeness (QED) is 0.468. The Bertz CT molecular complexity index is 1390. The number of nitrogens with one attached hydrogen (secondary N) is 1. The van der Waals surface area contributed by atoms with Crippen molar-refractivity contribution in [1.82, 2.24) is 9.78 Å². The van der Waals surface area contributed by atoms with Crippen LogP contribution in [0, 0.1) is 6.92 Å². The molecule has 1 aromatic heterocycles. The zero-order chi connectivity index (χ0) is 24.4. The van der Waals surface area contributed by atoms with E-state index in [1.54, 1.807) is 12.1 Å². The van der Waals surface area contributed by atoms with Crippen LogP contribution in [-0.2, 0) is 17.4 Å². The smallest absolute Gasteiger partial charge is 0.310 e. The third-order valence-electron chi connectivity index (χ3n) is 5.89. The van der Waals surface area contributed by atoms with Crippen molar-refractivity contribution in [3.63, 3.8) is 0 Å². The first-order valence-electron chi connectivity index (χ1n) is 10.2. The minimum absolute atomic E-state index is 0.0586. The van der Waals surface area contributed by atoms with Gasteiger partial charge in [0.15, 0.2) is 5.82 Å². The number of halogens is 3. The van der Waals surface area contributed by atoms with Crippen LogP contribution in [0.15, 0.2) is 42.5 Å². The molecule has 0 saturated carbocycles. The largest absolute Gasteiger partial charge is 0.416 e. The Balaban J connectivity index is 1.68. The van der Waals surface area contributed by atoms with E-state index in [9.17, 15) is 32.3 Å². The average Bonchev–Trinajstić information content (AvgIpc) is 3.24. The molecule has 11 heteroatoms. The van der Waals surface area contributed by atoms with Gasteiger partial charge in [-0.3, -0.25) is 19.2 Å². The van der Waals surface area contributed by atoms with Gasteiger partial charge in [-0.15, -0.1) is 5.10 Å². The second kappa shape index (κ2) is 7.37. The molecule has 3 heterocycles. The lowest BCUT2D eigenvalue weighted by molar-refractivity contribution is -0.138. The molecule has 5 rings (SSSR count). The van der Waals surface area contributed by atoms with Crippen molar-refractivity contribution in [2.75, 3.05) is 10.2 Å². The molecule has 3 amide bonds. The van der Waals surface area contributed by atoms with E-state index in [-0.39, 0.29) is 45.9 Å². The molecular formula is C23H15F3N4O4. The number of carbonyl (C=O) groups is 4. The van der Waals surface area contributed by atoms with Gasteiger partial charge in [0, 0.05) is 12.0 Å². The second-order valence-corrected chi connectivity index (χ2v) is 7.94. The van der Waals surface area contributed by atoms with E-state index in [4.69, 9.17) is 0 Å². The molecule has 0 bridgehead atoms. The molecule has 3 aromatic rings. The normalized spacial score (nSPS) is 15.5. The lowest BCUT2D eigenvalue weighted by atomic mass is 9.96. The summed E-state index contributed by atoms with van der Waals surface area (Å²) in [6.45, 7) is 1.31. The molecule has 0 unspecified atom stereocenters. The zero-order valence-electron chi connectivity index (χ0n) is 17.6. The summed E-state index contributed by atoms with van der Waals surface area (Å²) in [7, 11) is 0. The topological polar surface area (TPSA) is 101 Å². The van der Waals surface area contributed by atoms with Crippen LogP contribution in [0.5, 0.6) is 0 Å². The molecule has 0 fully saturated rings. The molecule has 0 radical (unpaired) electrons. The van der Waals surface area contributed by atoms with Crippen molar-refractivity contribution in [1.29, 1.82) is 0 Å². The first kappa shape index (κ1) is 21.6. The lowest BCUT2D eigenvalue weighted by Crippen LogP contribution is -2.31. The van der Waals surface area contributed by atoms with Crippen LogP contribution in [0.3, 0.4) is 0 Å². The van der Waals surface area contributed by atoms with E-state index in [0.717, 1.165) is 15.6 Å². The highest BCUT2D eigenvalue weighted by atomic mass is 19.4. The molecule has 2 aliphatic rings. The molecular weight excluding hydrogens is 453 g/mol. The number of amides is 3. The summed E-state index contributed by atoms with van der Waals surface area (Å²) < 4.78 is 41.2. The van der Waals surface area contributed by atoms with Crippen molar-refractivity contribution >= 4 is 35.3 Å². The Morgan fingerprint density at radius 1 is 0.971 bits per heavy atom. The van der Waals surface area contributed by atoms with Gasteiger partial charge in [-0.05, 0) is 36.2 Å². The van der Waals surface area contributed by atoms with E-state index in [0.29, 0.717) is 0 Å². The maximum absolute atomic E-state index is 13.4. The van der Waals surface area contributed by atoms with E-state index in [2.05, 4.69) is 10.4 Å². The highest BCUT2D eigenvalue weighted by Crippen LogP contribution is 2.38. The highest BCUT2D eigenvalue weighted by Gasteiger charge is 2.42. The van der Waals surface area contributed by atoms with Crippen LogP contribution in [0.25, 0.3) is 0 Å². The van der Waals surface area contributed by atoms with Gasteiger partial charge in [0.1, 0.15) is 12.2 Å². The Labute approximate surface area is 190 Å². The SMILES string of the molecule is Cc1c(Cc2c(N3C(=O)c4ccccc4C3=O)nn3c2NC(=O)CC3=O)cccc1C(F)(F)F. The van der Waals surface area contributed by atoms with Gasteiger partial charge in [-0.1, -0.05) is 24.3 Å². The molecule has 0 atom stereocenters. The second-order valence-electron chi connectivity index (χ2n) is 7.94. The third-order valence-corrected chi connectivity index (χ3v) is 5.89. The predicted octanol–water partition coefficient (Wildman–Crippen LogP) is 3.58. The summed E-state index contributed by atoms with van der Waals surface area (Å²) in [5.74, 6) is -2.98. The van der Waals surface area contributed by atoms with Crippen molar-refractivity contribution in [2.24, 2.45) is 0 Å². The number of hydrogen-bond acceptors (Lipinski definition) is 5. The monoisotopic (exact) mass is 468 g/mol. The van der Waals surface area contributed by atoms with Gasteiger partial charge < -0.3 is 5.32 Å². The summed E-state index contributed by atoms with van der Waals surface area (Å²) >= 11 is 0. The number of benzene rings is 2. The Morgan fingerprint density at radius 3 is 2.24 bits per heavy atom. The molecule has 1 N–H and O–H groups in total. The van der Waals surface area contributed by atoms with Crippen molar-refractivity contribution in [2.45, 2.75) is 25.9 Å². The summed E-state index contributed by atoms with van der Waals surface area (Å²) in [5, 5.41) is 6.65. The van der Waals surface area contributed by atoms with Gasteiger partial charge in [0.25, 0.3) is 17.7 Å². The average molecular weight is 468 g/mol. The predicted molar refractivity (Wildman–Crippen MR) is 113 cm³/mol. The van der Waals surface area contributed by atoms with E-state index in [1.165, 1.54) is 31.2 Å². The first-order valence-corrected chi connectivity index (χ1v) is 10.2. The standard InChI is InChI=1S/C23H15F3N4O4/c1-11-12(5-4-8-16(11)23(24,25)26)9-15-19-27-17(31)10-18(32)30(19)28-20(15)29-21(33)13-6-2-3-7-14(13)22(29)34/h2-8H,9-10H2,1H3,(H,27,31). The number of hydrogen-bond donors (Lipinski definition) is 1. The van der Waals surface area contributed by atoms with Crippen LogP contribution in [0.2, 0.25) is 0 Å². The molecule has 0 saturated heterocycles. The molecule has 8 nitrogen and oxygen atoms in total. The molecule has 0 spiro atoms. The minimum atomic E-state index is -4.59. The van der Waals surface area contributed by atoms with Crippen LogP contribution < -0.4 is 10.2 Å². The number of anilines is 2. The maximum Gasteiger partial charge on any atom is 0.416 e. The molecule has 172 valence electrons. The number of imide groups is 1. The third kappa shape index (κ3) is 3.19. The summed E-state index contributed by atoms with van der Waals surface area (Å²) in [4.78, 5) is 51.4. The number of aromatic nitrogens is 2. The number of fused-ring (bicyclic) bond motifs is 2. The van der Waals surface area contributed by atoms with E-state index in [1.807, 2.05) is 0 Å². The summed E-state index contributed by atoms with van der Waals surface area (Å²) in [6, 6.07) is 9.76. The maximum atomic E-state index is 13.4. The van der Waals surface area contributed by atoms with E-state index >= 15 is 0 Å². The number of carbonyl (C=O) groups excluding carboxylic acids is 4. The zero-order valence-corrected chi connectivity index (χ0v) is 17.6. The Kier molecular flexibility index (Phi) is 4.67. The van der Waals surface area contributed by atoms with Gasteiger partial charge >= 0.3 is 6.18 Å². The highest BCUT2D eigenvalue weighted by molar-refractivity contribution is 6.34. The number of alkyl halides is 3. The van der Waals surface area contributed by atoms with Crippen LogP contribution in [0.4, 0.5) is 24.8 Å². The summed E-state index contributed by atoms with van der Waals surface area (Å²) in [6.07, 6.45) is -5.31. The Morgan fingerprint density at radius 2 is 1.62 bits per heavy atom. The van der Waals surface area contributed by atoms with Gasteiger partial charge in [0.05, 0.1) is 16.7 Å². The number of nitrogens with zero attached hydrogens (tertiary/aromatic N) is 3. The van der Waals surface area contributed by atoms with Crippen molar-refractivity contribution in [3.05, 3.63) is 75.8 Å². The fourth-order valence-electron chi connectivity index (χ4n) is 4.23. The minimum Gasteiger partial charge on any atom is -0.310 e. The van der Waals surface area contributed by atoms with E-state index < -0.39 is 41.8 Å². The Hall–Kier alpha value is -4.28. The fraction of sp³-hybridized carbons (Fsp3) is 0.174. The molecule has 34 heavy (non-hydrogen) atoms. The van der Waals surface area contributed by atoms with Crippen LogP contribution in [-0.4, -0.2) is 33.4 Å². The van der Waals surface area contributed by atoms with Gasteiger partial charge in [-0.2, -0.15) is 17.9 Å². The fourth-order valence-corrected chi connectivity index (χ4v) is 4.23. The molecule has 2 aromatic carbocycles. The van der Waals surface area contributed by atoms with Gasteiger partial charge in [-0.25, -0.2) is 4.90 Å². The lowest BCUT2D eigenvalue weighted by Gasteiger charge is -2.17.